The Balaban J connectivity index is 1.66. The highest BCUT2D eigenvalue weighted by molar-refractivity contribution is 5.97. The van der Waals surface area contributed by atoms with Crippen molar-refractivity contribution in [2.24, 2.45) is 0 Å². The van der Waals surface area contributed by atoms with Crippen molar-refractivity contribution in [3.63, 3.8) is 0 Å². The monoisotopic (exact) mass is 411 g/mol. The lowest BCUT2D eigenvalue weighted by Crippen LogP contribution is -2.22. The molecule has 1 aliphatic rings. The Morgan fingerprint density at radius 3 is 2.33 bits per heavy atom. The summed E-state index contributed by atoms with van der Waals surface area (Å²) in [5, 5.41) is 14.2. The highest BCUT2D eigenvalue weighted by Crippen LogP contribution is 2.31. The van der Waals surface area contributed by atoms with Crippen LogP contribution in [0.5, 0.6) is 0 Å². The van der Waals surface area contributed by atoms with Crippen LogP contribution in [0.15, 0.2) is 30.3 Å². The molecule has 1 N–H and O–H groups in total. The normalized spacial score (nSPS) is 13.2. The summed E-state index contributed by atoms with van der Waals surface area (Å²) in [7, 11) is 0. The molecule has 1 aliphatic heterocycles. The fourth-order valence-corrected chi connectivity index (χ4v) is 3.79. The Hall–Kier alpha value is -3.42. The lowest BCUT2D eigenvalue weighted by atomic mass is 10.1. The second kappa shape index (κ2) is 8.94. The van der Waals surface area contributed by atoms with Crippen LogP contribution < -0.4 is 10.2 Å². The molecule has 0 spiro atoms. The number of nitro groups is 1. The van der Waals surface area contributed by atoms with Gasteiger partial charge in [-0.3, -0.25) is 14.9 Å². The van der Waals surface area contributed by atoms with Crippen LogP contribution in [0.4, 0.5) is 17.1 Å². The second-order valence-electron chi connectivity index (χ2n) is 7.55. The number of ether oxygens (including phenoxy) is 1. The van der Waals surface area contributed by atoms with Gasteiger partial charge in [0.25, 0.3) is 11.6 Å². The Bertz CT molecular complexity index is 973. The number of nitro benzene ring substituents is 1. The molecule has 1 saturated heterocycles. The van der Waals surface area contributed by atoms with E-state index in [9.17, 15) is 19.7 Å². The van der Waals surface area contributed by atoms with Crippen LogP contribution in [0.25, 0.3) is 0 Å². The molecule has 0 saturated carbocycles. The summed E-state index contributed by atoms with van der Waals surface area (Å²) in [6.45, 7) is 6.78. The predicted molar refractivity (Wildman–Crippen MR) is 114 cm³/mol. The summed E-state index contributed by atoms with van der Waals surface area (Å²) in [6.07, 6.45) is 1.96. The third-order valence-electron chi connectivity index (χ3n) is 5.13. The fraction of sp³-hybridized carbons (Fsp3) is 0.364. The minimum Gasteiger partial charge on any atom is -0.452 e. The van der Waals surface area contributed by atoms with Gasteiger partial charge in [-0.05, 0) is 56.9 Å². The molecule has 0 aliphatic carbocycles. The zero-order valence-electron chi connectivity index (χ0n) is 17.4. The van der Waals surface area contributed by atoms with Crippen LogP contribution >= 0.6 is 0 Å². The average molecular weight is 411 g/mol. The molecule has 0 atom stereocenters. The molecule has 158 valence electrons. The van der Waals surface area contributed by atoms with Crippen LogP contribution in [-0.4, -0.2) is 36.5 Å². The van der Waals surface area contributed by atoms with Crippen LogP contribution in [0.2, 0.25) is 0 Å². The number of anilines is 2. The van der Waals surface area contributed by atoms with Crippen molar-refractivity contribution in [1.82, 2.24) is 0 Å². The lowest BCUT2D eigenvalue weighted by molar-refractivity contribution is -0.384. The molecule has 8 nitrogen and oxygen atoms in total. The summed E-state index contributed by atoms with van der Waals surface area (Å²) in [5.41, 5.74) is 4.01. The maximum absolute atomic E-state index is 12.3. The van der Waals surface area contributed by atoms with E-state index in [0.29, 0.717) is 11.4 Å². The number of benzene rings is 2. The quantitative estimate of drug-likeness (QED) is 0.439. The summed E-state index contributed by atoms with van der Waals surface area (Å²) in [4.78, 5) is 37.5. The number of nitrogens with one attached hydrogen (secondary N) is 1. The second-order valence-corrected chi connectivity index (χ2v) is 7.55. The van der Waals surface area contributed by atoms with E-state index < -0.39 is 23.4 Å². The predicted octanol–water partition coefficient (Wildman–Crippen LogP) is 3.92. The van der Waals surface area contributed by atoms with Crippen molar-refractivity contribution in [2.45, 2.75) is 33.6 Å². The molecule has 0 aromatic heterocycles. The molecule has 2 aromatic rings. The van der Waals surface area contributed by atoms with Crippen molar-refractivity contribution in [3.8, 4) is 0 Å². The first-order valence-electron chi connectivity index (χ1n) is 9.84. The molecule has 0 bridgehead atoms. The van der Waals surface area contributed by atoms with Gasteiger partial charge in [-0.25, -0.2) is 4.79 Å². The third kappa shape index (κ3) is 4.76. The number of aryl methyl sites for hydroxylation is 3. The fourth-order valence-electron chi connectivity index (χ4n) is 3.79. The van der Waals surface area contributed by atoms with Gasteiger partial charge < -0.3 is 15.0 Å². The highest BCUT2D eigenvalue weighted by Gasteiger charge is 2.24. The molecule has 8 heteroatoms. The van der Waals surface area contributed by atoms with Crippen molar-refractivity contribution < 1.29 is 19.2 Å². The topological polar surface area (TPSA) is 102 Å². The third-order valence-corrected chi connectivity index (χ3v) is 5.13. The van der Waals surface area contributed by atoms with Crippen molar-refractivity contribution in [3.05, 3.63) is 62.7 Å². The largest absolute Gasteiger partial charge is 0.452 e. The van der Waals surface area contributed by atoms with E-state index in [2.05, 4.69) is 5.32 Å². The number of amides is 1. The maximum Gasteiger partial charge on any atom is 0.338 e. The van der Waals surface area contributed by atoms with E-state index in [1.807, 2.05) is 37.8 Å². The number of hydrogen-bond donors (Lipinski definition) is 1. The average Bonchev–Trinajstić information content (AvgIpc) is 3.23. The Morgan fingerprint density at radius 2 is 1.73 bits per heavy atom. The first kappa shape index (κ1) is 21.3. The number of carbonyl (C=O) groups excluding carboxylic acids is 2. The molecule has 1 heterocycles. The van der Waals surface area contributed by atoms with E-state index in [-0.39, 0.29) is 11.3 Å². The van der Waals surface area contributed by atoms with Crippen molar-refractivity contribution in [2.75, 3.05) is 29.9 Å². The molecule has 0 unspecified atom stereocenters. The molecule has 2 aromatic carbocycles. The first-order chi connectivity index (χ1) is 14.3. The summed E-state index contributed by atoms with van der Waals surface area (Å²) in [6, 6.07) is 8.18. The Kier molecular flexibility index (Phi) is 6.34. The van der Waals surface area contributed by atoms with Gasteiger partial charge in [0.05, 0.1) is 10.5 Å². The standard InChI is InChI=1S/C22H25N3O5/c1-14-10-15(2)21(16(3)11-14)23-20(26)13-30-22(27)17-6-7-18(19(12-17)25(28)29)24-8-4-5-9-24/h6-7,10-12H,4-5,8-9,13H2,1-3H3,(H,23,26). The van der Waals surface area contributed by atoms with Crippen molar-refractivity contribution in [1.29, 1.82) is 0 Å². The smallest absolute Gasteiger partial charge is 0.338 e. The number of rotatable bonds is 6. The SMILES string of the molecule is Cc1cc(C)c(NC(=O)COC(=O)c2ccc(N3CCCC3)c([N+](=O)[O-])c2)c(C)c1. The van der Waals surface area contributed by atoms with Crippen LogP contribution in [-0.2, 0) is 9.53 Å². The van der Waals surface area contributed by atoms with Gasteiger partial charge in [0, 0.05) is 24.8 Å². The maximum atomic E-state index is 12.3. The van der Waals surface area contributed by atoms with Gasteiger partial charge in [-0.15, -0.1) is 0 Å². The lowest BCUT2D eigenvalue weighted by Gasteiger charge is -2.17. The zero-order chi connectivity index (χ0) is 21.8. The molecule has 30 heavy (non-hydrogen) atoms. The number of nitrogens with zero attached hydrogens (tertiary/aromatic N) is 2. The van der Waals surface area contributed by atoms with Gasteiger partial charge in [-0.1, -0.05) is 17.7 Å². The summed E-state index contributed by atoms with van der Waals surface area (Å²) < 4.78 is 5.08. The van der Waals surface area contributed by atoms with Gasteiger partial charge in [0.2, 0.25) is 0 Å². The van der Waals surface area contributed by atoms with Crippen LogP contribution in [0.3, 0.4) is 0 Å². The van der Waals surface area contributed by atoms with Gasteiger partial charge >= 0.3 is 5.97 Å². The Labute approximate surface area is 175 Å². The van der Waals surface area contributed by atoms with E-state index in [4.69, 9.17) is 4.74 Å². The van der Waals surface area contributed by atoms with E-state index in [0.717, 1.165) is 42.6 Å². The molecule has 3 rings (SSSR count). The van der Waals surface area contributed by atoms with E-state index in [1.165, 1.54) is 12.1 Å². The highest BCUT2D eigenvalue weighted by atomic mass is 16.6. The van der Waals surface area contributed by atoms with Crippen LogP contribution in [0.1, 0.15) is 39.9 Å². The number of hydrogen-bond acceptors (Lipinski definition) is 6. The molecule has 0 radical (unpaired) electrons. The van der Waals surface area contributed by atoms with Gasteiger partial charge in [-0.2, -0.15) is 0 Å². The van der Waals surface area contributed by atoms with E-state index in [1.54, 1.807) is 6.07 Å². The Morgan fingerprint density at radius 1 is 1.10 bits per heavy atom. The summed E-state index contributed by atoms with van der Waals surface area (Å²) in [5.74, 6) is -1.25. The number of carbonyl (C=O) groups is 2. The molecule has 1 amide bonds. The van der Waals surface area contributed by atoms with Gasteiger partial charge in [0.1, 0.15) is 5.69 Å². The minimum absolute atomic E-state index is 0.0418. The molecule has 1 fully saturated rings. The van der Waals surface area contributed by atoms with Crippen molar-refractivity contribution >= 4 is 28.9 Å². The zero-order valence-corrected chi connectivity index (χ0v) is 17.4. The minimum atomic E-state index is -0.779. The summed E-state index contributed by atoms with van der Waals surface area (Å²) >= 11 is 0. The molecular formula is C22H25N3O5. The van der Waals surface area contributed by atoms with E-state index >= 15 is 0 Å². The van der Waals surface area contributed by atoms with Crippen LogP contribution in [0, 0.1) is 30.9 Å². The molecular weight excluding hydrogens is 386 g/mol. The van der Waals surface area contributed by atoms with Gasteiger partial charge in [0.15, 0.2) is 6.61 Å². The number of esters is 1. The first-order valence-corrected chi connectivity index (χ1v) is 9.84.